The molecule has 3 heterocycles. The number of nitrogens with one attached hydrogen (secondary N) is 2. The molecular formula is C18H23BClN3O3. The minimum absolute atomic E-state index is 0.119. The fraction of sp³-hybridized carbons (Fsp3) is 0.444. The minimum atomic E-state index is -0.563. The third-order valence-corrected chi connectivity index (χ3v) is 5.31. The minimum Gasteiger partial charge on any atom is -0.400 e. The molecule has 0 bridgehead atoms. The van der Waals surface area contributed by atoms with Crippen molar-refractivity contribution in [2.24, 2.45) is 0 Å². The zero-order valence-corrected chi connectivity index (χ0v) is 16.4. The Morgan fingerprint density at radius 3 is 2.62 bits per heavy atom. The van der Waals surface area contributed by atoms with E-state index >= 15 is 0 Å². The summed E-state index contributed by atoms with van der Waals surface area (Å²) in [7, 11) is -0.563. The number of H-pyrrole nitrogens is 1. The first-order chi connectivity index (χ1) is 12.1. The Morgan fingerprint density at radius 1 is 1.35 bits per heavy atom. The van der Waals surface area contributed by atoms with E-state index in [4.69, 9.17) is 20.9 Å². The quantitative estimate of drug-likeness (QED) is 0.803. The van der Waals surface area contributed by atoms with E-state index in [9.17, 15) is 4.79 Å². The average molecular weight is 376 g/mol. The summed E-state index contributed by atoms with van der Waals surface area (Å²) >= 11 is 6.34. The van der Waals surface area contributed by atoms with Crippen molar-refractivity contribution in [3.63, 3.8) is 0 Å². The van der Waals surface area contributed by atoms with Crippen molar-refractivity contribution in [2.75, 3.05) is 6.54 Å². The van der Waals surface area contributed by atoms with Crippen LogP contribution in [0.5, 0.6) is 0 Å². The SMILES string of the molecule is CC(=O)NCC(=Cc1c[nH]c2nccc(Cl)c12)B1OC(C)(C)C(C)(C)O1. The fourth-order valence-electron chi connectivity index (χ4n) is 2.78. The molecule has 0 aromatic carbocycles. The van der Waals surface area contributed by atoms with Crippen LogP contribution in [-0.4, -0.2) is 40.7 Å². The van der Waals surface area contributed by atoms with E-state index in [1.807, 2.05) is 40.0 Å². The van der Waals surface area contributed by atoms with Gasteiger partial charge < -0.3 is 19.6 Å². The number of amides is 1. The lowest BCUT2D eigenvalue weighted by atomic mass is 9.77. The molecule has 1 fully saturated rings. The standard InChI is InChI=1S/C18H23BClN3O3/c1-11(24)22-10-13(19-25-17(2,3)18(4,5)26-19)8-12-9-23-16-15(12)14(20)6-7-21-16/h6-9H,10H2,1-5H3,(H,21,23)(H,22,24). The van der Waals surface area contributed by atoms with Crippen LogP contribution < -0.4 is 5.32 Å². The Kier molecular flexibility index (Phi) is 4.90. The highest BCUT2D eigenvalue weighted by molar-refractivity contribution is 6.56. The zero-order chi connectivity index (χ0) is 19.1. The predicted octanol–water partition coefficient (Wildman–Crippen LogP) is 3.37. The average Bonchev–Trinajstić information content (AvgIpc) is 3.03. The van der Waals surface area contributed by atoms with Gasteiger partial charge >= 0.3 is 7.12 Å². The molecule has 1 saturated heterocycles. The third kappa shape index (κ3) is 3.52. The van der Waals surface area contributed by atoms with Crippen LogP contribution in [0.2, 0.25) is 5.02 Å². The van der Waals surface area contributed by atoms with Crippen LogP contribution in [0.1, 0.15) is 40.2 Å². The molecule has 0 saturated carbocycles. The van der Waals surface area contributed by atoms with Crippen molar-refractivity contribution in [1.29, 1.82) is 0 Å². The molecule has 1 amide bonds. The van der Waals surface area contributed by atoms with E-state index < -0.39 is 18.3 Å². The number of aromatic nitrogens is 2. The number of pyridine rings is 1. The molecule has 1 aliphatic heterocycles. The summed E-state index contributed by atoms with van der Waals surface area (Å²) in [6.07, 6.45) is 5.42. The second-order valence-corrected chi connectivity index (χ2v) is 7.88. The first kappa shape index (κ1) is 19.0. The normalized spacial score (nSPS) is 19.2. The number of aromatic amines is 1. The molecule has 0 radical (unpaired) electrons. The first-order valence-corrected chi connectivity index (χ1v) is 8.91. The summed E-state index contributed by atoms with van der Waals surface area (Å²) < 4.78 is 12.3. The molecule has 2 aromatic heterocycles. The van der Waals surface area contributed by atoms with Crippen molar-refractivity contribution in [2.45, 2.75) is 45.8 Å². The van der Waals surface area contributed by atoms with Gasteiger partial charge in [0.05, 0.1) is 16.2 Å². The van der Waals surface area contributed by atoms with Gasteiger partial charge in [-0.1, -0.05) is 17.7 Å². The molecule has 0 spiro atoms. The molecule has 6 nitrogen and oxygen atoms in total. The maximum Gasteiger partial charge on any atom is 0.492 e. The maximum atomic E-state index is 11.4. The Morgan fingerprint density at radius 2 is 2.00 bits per heavy atom. The van der Waals surface area contributed by atoms with Crippen LogP contribution in [0.3, 0.4) is 0 Å². The van der Waals surface area contributed by atoms with Gasteiger partial charge in [-0.3, -0.25) is 4.79 Å². The lowest BCUT2D eigenvalue weighted by molar-refractivity contribution is -0.118. The molecule has 3 rings (SSSR count). The van der Waals surface area contributed by atoms with E-state index in [0.29, 0.717) is 17.2 Å². The molecule has 1 aliphatic rings. The summed E-state index contributed by atoms with van der Waals surface area (Å²) in [6.45, 7) is 9.78. The zero-order valence-electron chi connectivity index (χ0n) is 15.6. The summed E-state index contributed by atoms with van der Waals surface area (Å²) in [5, 5.41) is 4.26. The van der Waals surface area contributed by atoms with Crippen LogP contribution in [0, 0.1) is 0 Å². The largest absolute Gasteiger partial charge is 0.492 e. The van der Waals surface area contributed by atoms with E-state index in [1.165, 1.54) is 6.92 Å². The van der Waals surface area contributed by atoms with E-state index in [-0.39, 0.29) is 5.91 Å². The van der Waals surface area contributed by atoms with E-state index in [0.717, 1.165) is 16.4 Å². The highest BCUT2D eigenvalue weighted by Crippen LogP contribution is 2.39. The molecule has 8 heteroatoms. The molecule has 26 heavy (non-hydrogen) atoms. The van der Waals surface area contributed by atoms with Gasteiger partial charge in [-0.05, 0) is 39.2 Å². The number of nitrogens with zero attached hydrogens (tertiary/aromatic N) is 1. The van der Waals surface area contributed by atoms with Gasteiger partial charge in [0.15, 0.2) is 0 Å². The Balaban J connectivity index is 2.01. The van der Waals surface area contributed by atoms with E-state index in [1.54, 1.807) is 12.3 Å². The monoisotopic (exact) mass is 375 g/mol. The number of hydrogen-bond donors (Lipinski definition) is 2. The summed E-state index contributed by atoms with van der Waals surface area (Å²) in [5.41, 5.74) is 1.45. The molecule has 138 valence electrons. The Bertz CT molecular complexity index is 860. The number of carbonyl (C=O) groups is 1. The number of carbonyl (C=O) groups excluding carboxylic acids is 1. The van der Waals surface area contributed by atoms with Crippen molar-refractivity contribution in [3.05, 3.63) is 34.5 Å². The Hall–Kier alpha value is -1.83. The Labute approximate surface area is 158 Å². The van der Waals surface area contributed by atoms with Crippen LogP contribution >= 0.6 is 11.6 Å². The van der Waals surface area contributed by atoms with Gasteiger partial charge in [-0.2, -0.15) is 0 Å². The molecular weight excluding hydrogens is 352 g/mol. The van der Waals surface area contributed by atoms with Gasteiger partial charge in [0.25, 0.3) is 0 Å². The topological polar surface area (TPSA) is 76.2 Å². The van der Waals surface area contributed by atoms with Gasteiger partial charge in [-0.25, -0.2) is 4.98 Å². The summed E-state index contributed by atoms with van der Waals surface area (Å²) in [6, 6.07) is 1.75. The van der Waals surface area contributed by atoms with Crippen LogP contribution in [-0.2, 0) is 14.1 Å². The van der Waals surface area contributed by atoms with Crippen molar-refractivity contribution in [1.82, 2.24) is 15.3 Å². The summed E-state index contributed by atoms with van der Waals surface area (Å²) in [5.74, 6) is -0.119. The molecule has 2 N–H and O–H groups in total. The highest BCUT2D eigenvalue weighted by Gasteiger charge is 2.52. The number of halogens is 1. The molecule has 0 aliphatic carbocycles. The fourth-order valence-corrected chi connectivity index (χ4v) is 3.03. The lowest BCUT2D eigenvalue weighted by Gasteiger charge is -2.32. The highest BCUT2D eigenvalue weighted by atomic mass is 35.5. The van der Waals surface area contributed by atoms with Crippen LogP contribution in [0.15, 0.2) is 23.9 Å². The molecule has 0 atom stereocenters. The molecule has 0 unspecified atom stereocenters. The maximum absolute atomic E-state index is 11.4. The van der Waals surface area contributed by atoms with Crippen molar-refractivity contribution >= 4 is 41.7 Å². The number of rotatable bonds is 4. The second-order valence-electron chi connectivity index (χ2n) is 7.48. The van der Waals surface area contributed by atoms with Gasteiger partial charge in [0.2, 0.25) is 5.91 Å². The smallest absolute Gasteiger partial charge is 0.400 e. The lowest BCUT2D eigenvalue weighted by Crippen LogP contribution is -2.41. The molecule has 2 aromatic rings. The van der Waals surface area contributed by atoms with Crippen molar-refractivity contribution in [3.8, 4) is 0 Å². The third-order valence-electron chi connectivity index (χ3n) is 4.99. The van der Waals surface area contributed by atoms with Crippen LogP contribution in [0.4, 0.5) is 0 Å². The van der Waals surface area contributed by atoms with Gasteiger partial charge in [0, 0.05) is 36.8 Å². The van der Waals surface area contributed by atoms with Gasteiger partial charge in [-0.15, -0.1) is 0 Å². The predicted molar refractivity (Wildman–Crippen MR) is 104 cm³/mol. The second kappa shape index (κ2) is 6.72. The summed E-state index contributed by atoms with van der Waals surface area (Å²) in [4.78, 5) is 18.8. The van der Waals surface area contributed by atoms with E-state index in [2.05, 4.69) is 15.3 Å². The number of fused-ring (bicyclic) bond motifs is 1. The number of hydrogen-bond acceptors (Lipinski definition) is 4. The van der Waals surface area contributed by atoms with Gasteiger partial charge in [0.1, 0.15) is 5.65 Å². The van der Waals surface area contributed by atoms with Crippen LogP contribution in [0.25, 0.3) is 17.1 Å². The first-order valence-electron chi connectivity index (χ1n) is 8.53. The van der Waals surface area contributed by atoms with Crippen molar-refractivity contribution < 1.29 is 14.1 Å².